The quantitative estimate of drug-likeness (QED) is 0.200. The summed E-state index contributed by atoms with van der Waals surface area (Å²) in [4.78, 5) is 50.9. The Bertz CT molecular complexity index is 1070. The first kappa shape index (κ1) is 30.7. The summed E-state index contributed by atoms with van der Waals surface area (Å²) < 4.78 is 11.9. The summed E-state index contributed by atoms with van der Waals surface area (Å²) in [6.45, 7) is 11.5. The van der Waals surface area contributed by atoms with Crippen molar-refractivity contribution in [3.05, 3.63) is 23.3 Å². The zero-order chi connectivity index (χ0) is 29.2. The molecule has 2 unspecified atom stereocenters. The molecular formula is C34H50O6. The van der Waals surface area contributed by atoms with Crippen LogP contribution in [-0.4, -0.2) is 35.7 Å². The molecule has 0 aromatic rings. The third-order valence-corrected chi connectivity index (χ3v) is 11.1. The first-order chi connectivity index (χ1) is 18.9. The summed E-state index contributed by atoms with van der Waals surface area (Å²) in [7, 11) is 0. The Morgan fingerprint density at radius 3 is 2.33 bits per heavy atom. The molecule has 0 radical (unpaired) electrons. The summed E-state index contributed by atoms with van der Waals surface area (Å²) in [6, 6.07) is 0. The third-order valence-electron chi connectivity index (χ3n) is 11.1. The van der Waals surface area contributed by atoms with E-state index in [1.807, 2.05) is 6.08 Å². The van der Waals surface area contributed by atoms with Crippen LogP contribution in [0.5, 0.6) is 0 Å². The Kier molecular flexibility index (Phi) is 9.46. The molecule has 0 heterocycles. The summed E-state index contributed by atoms with van der Waals surface area (Å²) in [5, 5.41) is 0. The van der Waals surface area contributed by atoms with Gasteiger partial charge in [-0.1, -0.05) is 64.0 Å². The van der Waals surface area contributed by atoms with Gasteiger partial charge in [-0.3, -0.25) is 19.2 Å². The molecule has 222 valence electrons. The molecule has 0 aliphatic heterocycles. The number of carbonyl (C=O) groups is 4. The van der Waals surface area contributed by atoms with Gasteiger partial charge in [0, 0.05) is 37.0 Å². The minimum Gasteiger partial charge on any atom is -0.459 e. The van der Waals surface area contributed by atoms with Crippen LogP contribution in [0.2, 0.25) is 0 Å². The van der Waals surface area contributed by atoms with Crippen molar-refractivity contribution in [2.75, 3.05) is 0 Å². The van der Waals surface area contributed by atoms with E-state index in [0.717, 1.165) is 50.5 Å². The first-order valence-electron chi connectivity index (χ1n) is 15.7. The van der Waals surface area contributed by atoms with E-state index in [-0.39, 0.29) is 40.7 Å². The number of carbonyl (C=O) groups excluding carboxylic acids is 4. The molecule has 0 amide bonds. The third kappa shape index (κ3) is 5.74. The van der Waals surface area contributed by atoms with Crippen LogP contribution in [0.1, 0.15) is 119 Å². The predicted molar refractivity (Wildman–Crippen MR) is 154 cm³/mol. The molecule has 3 fully saturated rings. The maximum atomic E-state index is 13.8. The van der Waals surface area contributed by atoms with Gasteiger partial charge < -0.3 is 9.47 Å². The lowest BCUT2D eigenvalue weighted by Gasteiger charge is -2.58. The van der Waals surface area contributed by atoms with E-state index in [9.17, 15) is 19.2 Å². The van der Waals surface area contributed by atoms with Crippen LogP contribution in [0.15, 0.2) is 23.3 Å². The van der Waals surface area contributed by atoms with Crippen molar-refractivity contribution >= 4 is 23.5 Å². The molecule has 0 aromatic heterocycles. The number of allylic oxidation sites excluding steroid dienone is 4. The molecule has 0 aromatic carbocycles. The Labute approximate surface area is 240 Å². The van der Waals surface area contributed by atoms with Crippen LogP contribution in [0.3, 0.4) is 0 Å². The van der Waals surface area contributed by atoms with Crippen molar-refractivity contribution in [2.24, 2.45) is 34.5 Å². The average Bonchev–Trinajstić information content (AvgIpc) is 3.15. The average molecular weight is 555 g/mol. The largest absolute Gasteiger partial charge is 0.459 e. The number of esters is 2. The number of Topliss-reactive ketones (excluding diaryl/α,β-unsaturated/α-hetero) is 1. The number of rotatable bonds is 11. The normalized spacial score (nSPS) is 34.5. The number of fused-ring (bicyclic) bond motifs is 5. The van der Waals surface area contributed by atoms with Crippen LogP contribution < -0.4 is 0 Å². The fourth-order valence-electron chi connectivity index (χ4n) is 9.09. The maximum Gasteiger partial charge on any atom is 0.303 e. The highest BCUT2D eigenvalue weighted by Gasteiger charge is 2.64. The van der Waals surface area contributed by atoms with E-state index < -0.39 is 23.6 Å². The Morgan fingerprint density at radius 2 is 1.65 bits per heavy atom. The highest BCUT2D eigenvalue weighted by atomic mass is 16.6. The fourth-order valence-corrected chi connectivity index (χ4v) is 9.09. The van der Waals surface area contributed by atoms with Crippen molar-refractivity contribution < 1.29 is 28.7 Å². The van der Waals surface area contributed by atoms with Gasteiger partial charge in [0.05, 0.1) is 0 Å². The molecule has 4 aliphatic rings. The standard InChI is InChI=1S/C34H50O6/c1-7-8-9-10-11-12-13-29(39-22(3)35)32(40-23(4)36)27-20-30(38)33(5)17-16-28-26(31(27)33)15-14-24-19-25(37)18-21(2)34(24,28)6/h18-19,26-29,31-32H,7-17,20H2,1-6H3/t26-,27+,28+,29?,31-,32?,33-,34+/m1/s1. The predicted octanol–water partition coefficient (Wildman–Crippen LogP) is 7.09. The van der Waals surface area contributed by atoms with Gasteiger partial charge in [-0.2, -0.15) is 0 Å². The zero-order valence-electron chi connectivity index (χ0n) is 25.6. The second-order valence-electron chi connectivity index (χ2n) is 13.5. The van der Waals surface area contributed by atoms with Gasteiger partial charge in [0.25, 0.3) is 0 Å². The topological polar surface area (TPSA) is 86.7 Å². The fraction of sp³-hybridized carbons (Fsp3) is 0.765. The van der Waals surface area contributed by atoms with Gasteiger partial charge in [-0.05, 0) is 75.4 Å². The molecule has 6 heteroatoms. The Balaban J connectivity index is 1.66. The van der Waals surface area contributed by atoms with E-state index in [4.69, 9.17) is 9.47 Å². The summed E-state index contributed by atoms with van der Waals surface area (Å²) >= 11 is 0. The molecule has 0 bridgehead atoms. The van der Waals surface area contributed by atoms with E-state index in [1.165, 1.54) is 38.7 Å². The van der Waals surface area contributed by atoms with E-state index >= 15 is 0 Å². The van der Waals surface area contributed by atoms with Gasteiger partial charge in [0.2, 0.25) is 0 Å². The lowest BCUT2D eigenvalue weighted by Crippen LogP contribution is -2.54. The molecule has 0 N–H and O–H groups in total. The van der Waals surface area contributed by atoms with Gasteiger partial charge in [-0.15, -0.1) is 0 Å². The number of ether oxygens (including phenoxy) is 2. The lowest BCUT2D eigenvalue weighted by atomic mass is 9.46. The summed E-state index contributed by atoms with van der Waals surface area (Å²) in [6.07, 6.45) is 13.5. The number of ketones is 2. The first-order valence-corrected chi connectivity index (χ1v) is 15.7. The smallest absolute Gasteiger partial charge is 0.303 e. The molecule has 6 nitrogen and oxygen atoms in total. The van der Waals surface area contributed by atoms with E-state index in [0.29, 0.717) is 18.8 Å². The second kappa shape index (κ2) is 12.3. The van der Waals surface area contributed by atoms with Crippen molar-refractivity contribution in [3.63, 3.8) is 0 Å². The number of hydrogen-bond donors (Lipinski definition) is 0. The Morgan fingerprint density at radius 1 is 0.975 bits per heavy atom. The number of hydrogen-bond acceptors (Lipinski definition) is 6. The van der Waals surface area contributed by atoms with Crippen molar-refractivity contribution in [3.8, 4) is 0 Å². The van der Waals surface area contributed by atoms with Crippen molar-refractivity contribution in [2.45, 2.75) is 131 Å². The molecule has 40 heavy (non-hydrogen) atoms. The van der Waals surface area contributed by atoms with Gasteiger partial charge in [0.15, 0.2) is 5.78 Å². The van der Waals surface area contributed by atoms with Gasteiger partial charge in [-0.25, -0.2) is 0 Å². The molecular weight excluding hydrogens is 504 g/mol. The molecule has 8 atom stereocenters. The monoisotopic (exact) mass is 554 g/mol. The van der Waals surface area contributed by atoms with Gasteiger partial charge >= 0.3 is 11.9 Å². The maximum absolute atomic E-state index is 13.8. The highest BCUT2D eigenvalue weighted by Crippen LogP contribution is 2.66. The van der Waals surface area contributed by atoms with E-state index in [1.54, 1.807) is 6.08 Å². The van der Waals surface area contributed by atoms with Crippen LogP contribution in [0, 0.1) is 34.5 Å². The lowest BCUT2D eigenvalue weighted by molar-refractivity contribution is -0.176. The van der Waals surface area contributed by atoms with E-state index in [2.05, 4.69) is 27.7 Å². The second-order valence-corrected chi connectivity index (χ2v) is 13.5. The molecule has 0 spiro atoms. The van der Waals surface area contributed by atoms with Crippen LogP contribution in [0.25, 0.3) is 0 Å². The molecule has 4 rings (SSSR count). The molecule has 4 aliphatic carbocycles. The molecule has 3 saturated carbocycles. The minimum absolute atomic E-state index is 0.0366. The zero-order valence-corrected chi connectivity index (χ0v) is 25.6. The van der Waals surface area contributed by atoms with Crippen LogP contribution in [0.4, 0.5) is 0 Å². The highest BCUT2D eigenvalue weighted by molar-refractivity contribution is 6.02. The number of unbranched alkanes of at least 4 members (excludes halogenated alkanes) is 5. The SMILES string of the molecule is CCCCCCCCC(OC(C)=O)C(OC(C)=O)[C@H]1CC(=O)[C@@]2(C)CC[C@H]3[C@@H](CCC4=CC(=O)C=C(C)[C@@]43C)[C@H]12. The van der Waals surface area contributed by atoms with Gasteiger partial charge in [0.1, 0.15) is 18.0 Å². The van der Waals surface area contributed by atoms with Crippen molar-refractivity contribution in [1.82, 2.24) is 0 Å². The van der Waals surface area contributed by atoms with Crippen LogP contribution >= 0.6 is 0 Å². The van der Waals surface area contributed by atoms with Crippen LogP contribution in [-0.2, 0) is 28.7 Å². The summed E-state index contributed by atoms with van der Waals surface area (Å²) in [5.74, 6) is -0.0373. The summed E-state index contributed by atoms with van der Waals surface area (Å²) in [5.41, 5.74) is 1.66. The van der Waals surface area contributed by atoms with Crippen molar-refractivity contribution in [1.29, 1.82) is 0 Å². The minimum atomic E-state index is -0.638. The molecule has 0 saturated heterocycles. The Hall–Kier alpha value is -2.24.